The van der Waals surface area contributed by atoms with Gasteiger partial charge >= 0.3 is 0 Å². The maximum atomic E-state index is 10.6. The van der Waals surface area contributed by atoms with E-state index in [9.17, 15) is 4.21 Å². The molecule has 1 heterocycles. The van der Waals surface area contributed by atoms with Crippen molar-refractivity contribution in [3.05, 3.63) is 23.9 Å². The van der Waals surface area contributed by atoms with Crippen LogP contribution in [-0.4, -0.2) is 13.7 Å². The van der Waals surface area contributed by atoms with Gasteiger partial charge in [0.15, 0.2) is 5.03 Å². The molecule has 3 nitrogen and oxygen atoms in total. The monoisotopic (exact) mass is 199 g/mol. The van der Waals surface area contributed by atoms with Gasteiger partial charge in [-0.3, -0.25) is 0 Å². The first-order chi connectivity index (χ1) is 5.91. The number of hydrogen-bond donors (Lipinski definition) is 1. The van der Waals surface area contributed by atoms with E-state index in [0.717, 1.165) is 5.56 Å². The van der Waals surface area contributed by atoms with E-state index < -0.39 is 11.1 Å². The molecule has 13 heavy (non-hydrogen) atoms. The van der Waals surface area contributed by atoms with Gasteiger partial charge in [0.05, 0.1) is 0 Å². The van der Waals surface area contributed by atoms with E-state index in [4.69, 9.17) is 4.55 Å². The van der Waals surface area contributed by atoms with Gasteiger partial charge in [0.1, 0.15) is 0 Å². The van der Waals surface area contributed by atoms with Gasteiger partial charge in [0, 0.05) is 6.20 Å². The summed E-state index contributed by atoms with van der Waals surface area (Å²) in [5.41, 5.74) is 1.09. The van der Waals surface area contributed by atoms with E-state index in [1.165, 1.54) is 0 Å². The summed E-state index contributed by atoms with van der Waals surface area (Å²) in [6.07, 6.45) is 1.64. The third-order valence-electron chi connectivity index (χ3n) is 1.78. The fourth-order valence-corrected chi connectivity index (χ4v) is 1.25. The molecule has 0 spiro atoms. The predicted octanol–water partition coefficient (Wildman–Crippen LogP) is 1.96. The van der Waals surface area contributed by atoms with Crippen LogP contribution in [0, 0.1) is 0 Å². The smallest absolute Gasteiger partial charge is 0.205 e. The Balaban J connectivity index is 3.01. The van der Waals surface area contributed by atoms with Gasteiger partial charge in [-0.15, -0.1) is 0 Å². The molecule has 1 unspecified atom stereocenters. The fraction of sp³-hybridized carbons (Fsp3) is 0.444. The molecule has 0 aliphatic rings. The molecule has 1 atom stereocenters. The minimum absolute atomic E-state index is 0.0302. The summed E-state index contributed by atoms with van der Waals surface area (Å²) >= 11 is -1.98. The molecule has 0 aliphatic carbocycles. The molecular weight excluding hydrogens is 186 g/mol. The zero-order chi connectivity index (χ0) is 10.1. The average Bonchev–Trinajstić information content (AvgIpc) is 2.03. The van der Waals surface area contributed by atoms with Crippen LogP contribution in [0.5, 0.6) is 0 Å². The first-order valence-corrected chi connectivity index (χ1v) is 5.09. The summed E-state index contributed by atoms with van der Waals surface area (Å²) in [5, 5.41) is 0.202. The second kappa shape index (κ2) is 3.55. The number of hydrogen-bond acceptors (Lipinski definition) is 2. The summed E-state index contributed by atoms with van der Waals surface area (Å²) in [6.45, 7) is 6.21. The number of rotatable bonds is 1. The third-order valence-corrected chi connectivity index (χ3v) is 2.38. The van der Waals surface area contributed by atoms with Gasteiger partial charge < -0.3 is 4.55 Å². The zero-order valence-corrected chi connectivity index (χ0v) is 8.76. The quantitative estimate of drug-likeness (QED) is 0.703. The Hall–Kier alpha value is -0.740. The van der Waals surface area contributed by atoms with E-state index >= 15 is 0 Å². The topological polar surface area (TPSA) is 50.2 Å². The highest BCUT2D eigenvalue weighted by molar-refractivity contribution is 7.79. The minimum Gasteiger partial charge on any atom is -0.301 e. The second-order valence-electron chi connectivity index (χ2n) is 3.88. The highest BCUT2D eigenvalue weighted by Gasteiger charge is 2.14. The van der Waals surface area contributed by atoms with Crippen LogP contribution in [0.4, 0.5) is 0 Å². The maximum absolute atomic E-state index is 10.6. The molecule has 1 N–H and O–H groups in total. The molecule has 0 saturated heterocycles. The molecule has 1 aromatic rings. The molecule has 1 rings (SSSR count). The lowest BCUT2D eigenvalue weighted by Crippen LogP contribution is -2.11. The van der Waals surface area contributed by atoms with E-state index in [-0.39, 0.29) is 10.4 Å². The van der Waals surface area contributed by atoms with Crippen LogP contribution >= 0.6 is 0 Å². The SMILES string of the molecule is CC(C)(C)c1ccc(S(=O)O)nc1. The lowest BCUT2D eigenvalue weighted by atomic mass is 9.88. The molecule has 0 saturated carbocycles. The van der Waals surface area contributed by atoms with Crippen molar-refractivity contribution in [1.29, 1.82) is 0 Å². The Morgan fingerprint density at radius 3 is 2.31 bits per heavy atom. The molecule has 0 amide bonds. The van der Waals surface area contributed by atoms with Crippen LogP contribution in [0.15, 0.2) is 23.4 Å². The number of aromatic nitrogens is 1. The standard InChI is InChI=1S/C9H13NO2S/c1-9(2,3)7-4-5-8(10-6-7)13(11)12/h4-6H,1-3H3,(H,11,12). The van der Waals surface area contributed by atoms with Crippen molar-refractivity contribution in [2.75, 3.05) is 0 Å². The third kappa shape index (κ3) is 2.60. The van der Waals surface area contributed by atoms with Crippen LogP contribution < -0.4 is 0 Å². The minimum atomic E-state index is -1.98. The van der Waals surface area contributed by atoms with Gasteiger partial charge in [0.25, 0.3) is 0 Å². The lowest BCUT2D eigenvalue weighted by Gasteiger charge is -2.17. The molecule has 1 aromatic heterocycles. The molecular formula is C9H13NO2S. The van der Waals surface area contributed by atoms with Crippen molar-refractivity contribution < 1.29 is 8.76 Å². The Morgan fingerprint density at radius 2 is 2.00 bits per heavy atom. The van der Waals surface area contributed by atoms with Crippen molar-refractivity contribution in [1.82, 2.24) is 4.98 Å². The molecule has 0 radical (unpaired) electrons. The van der Waals surface area contributed by atoms with Gasteiger partial charge in [-0.2, -0.15) is 0 Å². The van der Waals surface area contributed by atoms with Crippen LogP contribution in [0.3, 0.4) is 0 Å². The van der Waals surface area contributed by atoms with Crippen LogP contribution in [0.2, 0.25) is 0 Å². The van der Waals surface area contributed by atoms with Crippen molar-refractivity contribution >= 4 is 11.1 Å². The number of pyridine rings is 1. The molecule has 0 aliphatic heterocycles. The van der Waals surface area contributed by atoms with Crippen LogP contribution in [0.25, 0.3) is 0 Å². The largest absolute Gasteiger partial charge is 0.301 e. The molecule has 0 fully saturated rings. The van der Waals surface area contributed by atoms with Crippen molar-refractivity contribution in [2.24, 2.45) is 0 Å². The van der Waals surface area contributed by atoms with Gasteiger partial charge in [-0.05, 0) is 17.0 Å². The highest BCUT2D eigenvalue weighted by Crippen LogP contribution is 2.21. The van der Waals surface area contributed by atoms with Gasteiger partial charge in [-0.25, -0.2) is 9.19 Å². The summed E-state index contributed by atoms with van der Waals surface area (Å²) in [7, 11) is 0. The Bertz CT molecular complexity index is 313. The van der Waals surface area contributed by atoms with E-state index in [1.54, 1.807) is 12.3 Å². The van der Waals surface area contributed by atoms with Gasteiger partial charge in [0.2, 0.25) is 11.1 Å². The summed E-state index contributed by atoms with van der Waals surface area (Å²) in [6, 6.07) is 3.41. The highest BCUT2D eigenvalue weighted by atomic mass is 32.2. The van der Waals surface area contributed by atoms with E-state index in [0.29, 0.717) is 0 Å². The second-order valence-corrected chi connectivity index (χ2v) is 4.80. The summed E-state index contributed by atoms with van der Waals surface area (Å²) in [4.78, 5) is 3.89. The summed E-state index contributed by atoms with van der Waals surface area (Å²) < 4.78 is 19.3. The Kier molecular flexibility index (Phi) is 2.83. The summed E-state index contributed by atoms with van der Waals surface area (Å²) in [5.74, 6) is 0. The number of nitrogens with zero attached hydrogens (tertiary/aromatic N) is 1. The van der Waals surface area contributed by atoms with E-state index in [2.05, 4.69) is 25.8 Å². The van der Waals surface area contributed by atoms with Crippen molar-refractivity contribution in [3.63, 3.8) is 0 Å². The van der Waals surface area contributed by atoms with Crippen LogP contribution in [-0.2, 0) is 16.5 Å². The molecule has 72 valence electrons. The Morgan fingerprint density at radius 1 is 1.38 bits per heavy atom. The predicted molar refractivity (Wildman–Crippen MR) is 52.0 cm³/mol. The van der Waals surface area contributed by atoms with Crippen molar-refractivity contribution in [2.45, 2.75) is 31.2 Å². The maximum Gasteiger partial charge on any atom is 0.205 e. The van der Waals surface area contributed by atoms with Crippen molar-refractivity contribution in [3.8, 4) is 0 Å². The molecule has 4 heteroatoms. The average molecular weight is 199 g/mol. The lowest BCUT2D eigenvalue weighted by molar-refractivity contribution is 0.557. The van der Waals surface area contributed by atoms with Crippen LogP contribution in [0.1, 0.15) is 26.3 Å². The molecule has 0 aromatic carbocycles. The fourth-order valence-electron chi connectivity index (χ4n) is 0.927. The Labute approximate surface area is 80.5 Å². The molecule has 0 bridgehead atoms. The van der Waals surface area contributed by atoms with Gasteiger partial charge in [-0.1, -0.05) is 26.8 Å². The zero-order valence-electron chi connectivity index (χ0n) is 7.94. The van der Waals surface area contributed by atoms with E-state index in [1.807, 2.05) is 6.07 Å². The normalized spacial score (nSPS) is 14.2. The first kappa shape index (κ1) is 10.3. The first-order valence-electron chi connectivity index (χ1n) is 3.98.